The maximum atomic E-state index is 12.2. The normalized spacial score (nSPS) is 18.2. The minimum Gasteiger partial charge on any atom is -0.336 e. The fourth-order valence-corrected chi connectivity index (χ4v) is 3.00. The first kappa shape index (κ1) is 17.0. The second kappa shape index (κ2) is 7.38. The molecule has 7 nitrogen and oxygen atoms in total. The van der Waals surface area contributed by atoms with Gasteiger partial charge in [-0.2, -0.15) is 5.10 Å². The number of hydrogen-bond donors (Lipinski definition) is 2. The lowest BCUT2D eigenvalue weighted by Gasteiger charge is -2.18. The van der Waals surface area contributed by atoms with E-state index >= 15 is 0 Å². The number of likely N-dealkylation sites (tertiary alicyclic amines) is 1. The smallest absolute Gasteiger partial charge is 0.315 e. The Bertz CT molecular complexity index is 743. The number of carbonyl (C=O) groups excluding carboxylic acids is 2. The van der Waals surface area contributed by atoms with Crippen LogP contribution in [0.2, 0.25) is 0 Å². The van der Waals surface area contributed by atoms with Gasteiger partial charge in [-0.15, -0.1) is 0 Å². The van der Waals surface area contributed by atoms with Gasteiger partial charge in [-0.25, -0.2) is 4.79 Å². The van der Waals surface area contributed by atoms with Gasteiger partial charge in [0.25, 0.3) is 0 Å². The number of rotatable bonds is 5. The summed E-state index contributed by atoms with van der Waals surface area (Å²) in [6.45, 7) is 3.01. The summed E-state index contributed by atoms with van der Waals surface area (Å²) < 4.78 is 1.70. The highest BCUT2D eigenvalue weighted by Crippen LogP contribution is 2.15. The van der Waals surface area contributed by atoms with Crippen LogP contribution in [0.15, 0.2) is 42.7 Å². The summed E-state index contributed by atoms with van der Waals surface area (Å²) in [7, 11) is 1.84. The van der Waals surface area contributed by atoms with Crippen molar-refractivity contribution < 1.29 is 9.59 Å². The third-order valence-corrected chi connectivity index (χ3v) is 4.34. The average molecular weight is 341 g/mol. The second-order valence-electron chi connectivity index (χ2n) is 6.45. The quantitative estimate of drug-likeness (QED) is 0.867. The molecule has 132 valence electrons. The zero-order chi connectivity index (χ0) is 17.8. The van der Waals surface area contributed by atoms with Crippen molar-refractivity contribution in [1.29, 1.82) is 0 Å². The summed E-state index contributed by atoms with van der Waals surface area (Å²) in [5, 5.41) is 9.88. The molecule has 1 aromatic heterocycles. The molecule has 1 saturated heterocycles. The van der Waals surface area contributed by atoms with Gasteiger partial charge >= 0.3 is 6.03 Å². The fraction of sp³-hybridized carbons (Fsp3) is 0.389. The van der Waals surface area contributed by atoms with Gasteiger partial charge in [-0.3, -0.25) is 9.48 Å². The Morgan fingerprint density at radius 1 is 1.36 bits per heavy atom. The van der Waals surface area contributed by atoms with Gasteiger partial charge in [-0.1, -0.05) is 30.3 Å². The van der Waals surface area contributed by atoms with E-state index in [-0.39, 0.29) is 24.0 Å². The molecule has 0 spiro atoms. The molecule has 25 heavy (non-hydrogen) atoms. The zero-order valence-electron chi connectivity index (χ0n) is 14.5. The highest BCUT2D eigenvalue weighted by Gasteiger charge is 2.30. The molecule has 2 atom stereocenters. The van der Waals surface area contributed by atoms with E-state index in [1.54, 1.807) is 15.8 Å². The Morgan fingerprint density at radius 3 is 2.80 bits per heavy atom. The molecule has 1 aliphatic rings. The molecule has 1 fully saturated rings. The van der Waals surface area contributed by atoms with E-state index in [1.165, 1.54) is 0 Å². The van der Waals surface area contributed by atoms with E-state index in [2.05, 4.69) is 15.7 Å². The Balaban J connectivity index is 1.50. The number of nitrogens with zero attached hydrogens (tertiary/aromatic N) is 3. The molecule has 0 aliphatic carbocycles. The van der Waals surface area contributed by atoms with Gasteiger partial charge in [0.05, 0.1) is 18.3 Å². The molecular weight excluding hydrogens is 318 g/mol. The van der Waals surface area contributed by atoms with E-state index < -0.39 is 0 Å². The topological polar surface area (TPSA) is 79.3 Å². The summed E-state index contributed by atoms with van der Waals surface area (Å²) in [5.41, 5.74) is 2.03. The van der Waals surface area contributed by atoms with Crippen LogP contribution in [0, 0.1) is 0 Å². The summed E-state index contributed by atoms with van der Waals surface area (Å²) in [6.07, 6.45) is 3.93. The highest BCUT2D eigenvalue weighted by atomic mass is 16.2. The van der Waals surface area contributed by atoms with Gasteiger partial charge in [0.15, 0.2) is 0 Å². The third kappa shape index (κ3) is 4.37. The number of benzene rings is 1. The first-order valence-electron chi connectivity index (χ1n) is 8.38. The lowest BCUT2D eigenvalue weighted by molar-refractivity contribution is -0.128. The monoisotopic (exact) mass is 341 g/mol. The predicted molar refractivity (Wildman–Crippen MR) is 93.6 cm³/mol. The first-order chi connectivity index (χ1) is 12.0. The Hall–Kier alpha value is -2.83. The fourth-order valence-electron chi connectivity index (χ4n) is 3.00. The number of hydrogen-bond acceptors (Lipinski definition) is 3. The van der Waals surface area contributed by atoms with Crippen molar-refractivity contribution in [3.63, 3.8) is 0 Å². The van der Waals surface area contributed by atoms with Crippen molar-refractivity contribution in [3.8, 4) is 0 Å². The van der Waals surface area contributed by atoms with Crippen molar-refractivity contribution in [2.24, 2.45) is 7.05 Å². The first-order valence-corrected chi connectivity index (χ1v) is 8.38. The van der Waals surface area contributed by atoms with Crippen LogP contribution in [0.25, 0.3) is 0 Å². The summed E-state index contributed by atoms with van der Waals surface area (Å²) >= 11 is 0. The van der Waals surface area contributed by atoms with Crippen molar-refractivity contribution in [3.05, 3.63) is 53.9 Å². The van der Waals surface area contributed by atoms with E-state index in [4.69, 9.17) is 0 Å². The SMILES string of the molecule is C[C@H](NC(=O)N[C@H]1CC(=O)N(Cc2ccccc2)C1)c1cnn(C)c1. The predicted octanol–water partition coefficient (Wildman–Crippen LogP) is 1.58. The van der Waals surface area contributed by atoms with Gasteiger partial charge in [0.1, 0.15) is 0 Å². The Morgan fingerprint density at radius 2 is 2.12 bits per heavy atom. The summed E-state index contributed by atoms with van der Waals surface area (Å²) in [5.74, 6) is 0.0643. The van der Waals surface area contributed by atoms with E-state index in [0.29, 0.717) is 19.5 Å². The van der Waals surface area contributed by atoms with E-state index in [9.17, 15) is 9.59 Å². The largest absolute Gasteiger partial charge is 0.336 e. The van der Waals surface area contributed by atoms with Crippen molar-refractivity contribution in [2.45, 2.75) is 32.0 Å². The van der Waals surface area contributed by atoms with Crippen molar-refractivity contribution in [2.75, 3.05) is 6.54 Å². The molecule has 3 rings (SSSR count). The van der Waals surface area contributed by atoms with Gasteiger partial charge in [0.2, 0.25) is 5.91 Å². The summed E-state index contributed by atoms with van der Waals surface area (Å²) in [4.78, 5) is 26.1. The second-order valence-corrected chi connectivity index (χ2v) is 6.45. The van der Waals surface area contributed by atoms with Gasteiger partial charge < -0.3 is 15.5 Å². The molecule has 0 saturated carbocycles. The van der Waals surface area contributed by atoms with Crippen molar-refractivity contribution >= 4 is 11.9 Å². The number of nitrogens with one attached hydrogen (secondary N) is 2. The lowest BCUT2D eigenvalue weighted by atomic mass is 10.2. The van der Waals surface area contributed by atoms with Crippen LogP contribution in [0.1, 0.15) is 30.5 Å². The van der Waals surface area contributed by atoms with Crippen LogP contribution in [-0.4, -0.2) is 39.2 Å². The molecule has 0 radical (unpaired) electrons. The third-order valence-electron chi connectivity index (χ3n) is 4.34. The number of carbonyl (C=O) groups is 2. The Labute approximate surface area is 147 Å². The molecule has 1 aromatic carbocycles. The number of urea groups is 1. The number of aryl methyl sites for hydroxylation is 1. The lowest BCUT2D eigenvalue weighted by Crippen LogP contribution is -2.44. The van der Waals surface area contributed by atoms with Crippen LogP contribution in [-0.2, 0) is 18.4 Å². The van der Waals surface area contributed by atoms with Gasteiger partial charge in [-0.05, 0) is 12.5 Å². The molecule has 2 aromatic rings. The molecule has 2 N–H and O–H groups in total. The standard InChI is InChI=1S/C18H23N5O2/c1-13(15-9-19-22(2)11-15)20-18(25)21-16-8-17(24)23(12-16)10-14-6-4-3-5-7-14/h3-7,9,11,13,16H,8,10,12H2,1-2H3,(H2,20,21,25)/t13-,16-/m0/s1. The van der Waals surface area contributed by atoms with E-state index in [0.717, 1.165) is 11.1 Å². The van der Waals surface area contributed by atoms with Gasteiger partial charge in [0, 0.05) is 38.3 Å². The Kier molecular flexibility index (Phi) is 5.02. The molecular formula is C18H23N5O2. The van der Waals surface area contributed by atoms with Crippen LogP contribution in [0.3, 0.4) is 0 Å². The van der Waals surface area contributed by atoms with E-state index in [1.807, 2.05) is 50.5 Å². The number of amides is 3. The van der Waals surface area contributed by atoms with Crippen LogP contribution >= 0.6 is 0 Å². The molecule has 1 aliphatic heterocycles. The minimum absolute atomic E-state index is 0.0643. The zero-order valence-corrected chi connectivity index (χ0v) is 14.5. The maximum Gasteiger partial charge on any atom is 0.315 e. The molecule has 7 heteroatoms. The molecule has 2 heterocycles. The molecule has 0 bridgehead atoms. The highest BCUT2D eigenvalue weighted by molar-refractivity contribution is 5.81. The maximum absolute atomic E-state index is 12.2. The van der Waals surface area contributed by atoms with Crippen LogP contribution in [0.4, 0.5) is 4.79 Å². The average Bonchev–Trinajstić information content (AvgIpc) is 3.14. The van der Waals surface area contributed by atoms with Crippen molar-refractivity contribution in [1.82, 2.24) is 25.3 Å². The summed E-state index contributed by atoms with van der Waals surface area (Å²) in [6, 6.07) is 9.27. The number of aromatic nitrogens is 2. The minimum atomic E-state index is -0.268. The van der Waals surface area contributed by atoms with Crippen LogP contribution in [0.5, 0.6) is 0 Å². The molecule has 0 unspecified atom stereocenters. The molecule has 3 amide bonds. The van der Waals surface area contributed by atoms with Crippen LogP contribution < -0.4 is 10.6 Å².